The maximum absolute atomic E-state index is 11.5. The molecule has 84 valence electrons. The van der Waals surface area contributed by atoms with Gasteiger partial charge in [-0.25, -0.2) is 5.48 Å². The topological polar surface area (TPSA) is 38.3 Å². The van der Waals surface area contributed by atoms with Crippen LogP contribution in [0.1, 0.15) is 29.1 Å². The van der Waals surface area contributed by atoms with Crippen molar-refractivity contribution in [3.63, 3.8) is 0 Å². The number of amides is 1. The minimum atomic E-state index is -0.186. The van der Waals surface area contributed by atoms with E-state index in [0.717, 1.165) is 9.35 Å². The van der Waals surface area contributed by atoms with Crippen LogP contribution in [0.4, 0.5) is 0 Å². The average molecular weight is 292 g/mol. The van der Waals surface area contributed by atoms with Crippen LogP contribution in [0.25, 0.3) is 0 Å². The van der Waals surface area contributed by atoms with Crippen molar-refractivity contribution in [3.05, 3.63) is 20.3 Å². The summed E-state index contributed by atoms with van der Waals surface area (Å²) in [6.07, 6.45) is 0. The molecule has 5 heteroatoms. The summed E-state index contributed by atoms with van der Waals surface area (Å²) in [6.45, 7) is 6.53. The van der Waals surface area contributed by atoms with E-state index in [2.05, 4.69) is 21.4 Å². The molecule has 0 radical (unpaired) electrons. The maximum Gasteiger partial charge on any atom is 0.284 e. The van der Waals surface area contributed by atoms with Gasteiger partial charge in [0.1, 0.15) is 0 Å². The lowest BCUT2D eigenvalue weighted by Gasteiger charge is -2.06. The summed E-state index contributed by atoms with van der Waals surface area (Å²) in [7, 11) is 0. The van der Waals surface area contributed by atoms with Crippen LogP contribution in [0.2, 0.25) is 0 Å². The Morgan fingerprint density at radius 1 is 1.67 bits per heavy atom. The molecule has 1 N–H and O–H groups in total. The van der Waals surface area contributed by atoms with E-state index in [-0.39, 0.29) is 5.91 Å². The third-order valence-electron chi connectivity index (χ3n) is 1.66. The highest BCUT2D eigenvalue weighted by atomic mass is 79.9. The standard InChI is InChI=1S/C10H14BrNO2S/c1-6(2)5-14-12-10(13)8-4-7(3)9(11)15-8/h4,6H,5H2,1-3H3,(H,12,13). The van der Waals surface area contributed by atoms with E-state index in [0.29, 0.717) is 17.4 Å². The molecule has 0 saturated carbocycles. The van der Waals surface area contributed by atoms with Crippen LogP contribution in [-0.2, 0) is 4.84 Å². The highest BCUT2D eigenvalue weighted by molar-refractivity contribution is 9.11. The smallest absolute Gasteiger partial charge is 0.273 e. The number of hydroxylamine groups is 1. The van der Waals surface area contributed by atoms with Crippen LogP contribution in [0.5, 0.6) is 0 Å². The lowest BCUT2D eigenvalue weighted by Crippen LogP contribution is -2.24. The van der Waals surface area contributed by atoms with Crippen molar-refractivity contribution in [1.29, 1.82) is 0 Å². The number of hydrogen-bond acceptors (Lipinski definition) is 3. The summed E-state index contributed by atoms with van der Waals surface area (Å²) < 4.78 is 0.983. The van der Waals surface area contributed by atoms with Crippen molar-refractivity contribution < 1.29 is 9.63 Å². The summed E-state index contributed by atoms with van der Waals surface area (Å²) in [5, 5.41) is 0. The fourth-order valence-corrected chi connectivity index (χ4v) is 2.32. The van der Waals surface area contributed by atoms with Crippen molar-refractivity contribution >= 4 is 33.2 Å². The highest BCUT2D eigenvalue weighted by Gasteiger charge is 2.11. The Morgan fingerprint density at radius 2 is 2.33 bits per heavy atom. The van der Waals surface area contributed by atoms with Gasteiger partial charge in [-0.05, 0) is 40.4 Å². The molecule has 0 unspecified atom stereocenters. The van der Waals surface area contributed by atoms with Gasteiger partial charge in [-0.3, -0.25) is 9.63 Å². The van der Waals surface area contributed by atoms with Gasteiger partial charge in [0, 0.05) is 0 Å². The second-order valence-corrected chi connectivity index (χ2v) is 6.07. The number of carbonyl (C=O) groups is 1. The van der Waals surface area contributed by atoms with E-state index in [9.17, 15) is 4.79 Å². The molecule has 0 aliphatic heterocycles. The molecule has 3 nitrogen and oxygen atoms in total. The fourth-order valence-electron chi connectivity index (χ4n) is 0.896. The molecule has 0 aliphatic carbocycles. The van der Waals surface area contributed by atoms with Crippen LogP contribution >= 0.6 is 27.3 Å². The van der Waals surface area contributed by atoms with Crippen molar-refractivity contribution in [1.82, 2.24) is 5.48 Å². The van der Waals surface area contributed by atoms with Crippen LogP contribution in [-0.4, -0.2) is 12.5 Å². The van der Waals surface area contributed by atoms with E-state index < -0.39 is 0 Å². The summed E-state index contributed by atoms with van der Waals surface area (Å²) in [6, 6.07) is 1.84. The van der Waals surface area contributed by atoms with Gasteiger partial charge in [0.2, 0.25) is 0 Å². The normalized spacial score (nSPS) is 10.7. The number of carbonyl (C=O) groups excluding carboxylic acids is 1. The second kappa shape index (κ2) is 5.63. The van der Waals surface area contributed by atoms with Gasteiger partial charge in [0.15, 0.2) is 0 Å². The van der Waals surface area contributed by atoms with Crippen molar-refractivity contribution in [2.75, 3.05) is 6.61 Å². The molecule has 15 heavy (non-hydrogen) atoms. The molecular weight excluding hydrogens is 278 g/mol. The molecule has 0 aromatic carbocycles. The highest BCUT2D eigenvalue weighted by Crippen LogP contribution is 2.27. The minimum Gasteiger partial charge on any atom is -0.273 e. The maximum atomic E-state index is 11.5. The summed E-state index contributed by atoms with van der Waals surface area (Å²) in [4.78, 5) is 17.3. The number of aryl methyl sites for hydroxylation is 1. The number of nitrogens with one attached hydrogen (secondary N) is 1. The molecule has 0 fully saturated rings. The third-order valence-corrected chi connectivity index (χ3v) is 3.80. The Bertz CT molecular complexity index is 330. The number of thiophene rings is 1. The zero-order chi connectivity index (χ0) is 11.4. The largest absolute Gasteiger partial charge is 0.284 e. The van der Waals surface area contributed by atoms with Crippen LogP contribution in [0.15, 0.2) is 9.85 Å². The van der Waals surface area contributed by atoms with Gasteiger partial charge in [-0.1, -0.05) is 13.8 Å². The van der Waals surface area contributed by atoms with Gasteiger partial charge < -0.3 is 0 Å². The van der Waals surface area contributed by atoms with Gasteiger partial charge in [-0.15, -0.1) is 11.3 Å². The Balaban J connectivity index is 2.47. The minimum absolute atomic E-state index is 0.186. The first kappa shape index (κ1) is 12.7. The first-order chi connectivity index (χ1) is 7.00. The van der Waals surface area contributed by atoms with Crippen molar-refractivity contribution in [3.8, 4) is 0 Å². The molecule has 0 bridgehead atoms. The Hall–Kier alpha value is -0.390. The molecule has 1 rings (SSSR count). The van der Waals surface area contributed by atoms with Crippen LogP contribution < -0.4 is 5.48 Å². The third kappa shape index (κ3) is 3.93. The molecule has 0 atom stereocenters. The molecule has 1 heterocycles. The Morgan fingerprint density at radius 3 is 2.80 bits per heavy atom. The van der Waals surface area contributed by atoms with E-state index in [1.165, 1.54) is 11.3 Å². The van der Waals surface area contributed by atoms with Crippen LogP contribution in [0, 0.1) is 12.8 Å². The van der Waals surface area contributed by atoms with Gasteiger partial charge in [0.05, 0.1) is 15.3 Å². The molecular formula is C10H14BrNO2S. The Kier molecular flexibility index (Phi) is 4.76. The van der Waals surface area contributed by atoms with Gasteiger partial charge in [0.25, 0.3) is 5.91 Å². The van der Waals surface area contributed by atoms with Gasteiger partial charge in [-0.2, -0.15) is 0 Å². The summed E-state index contributed by atoms with van der Waals surface area (Å²) in [5.74, 6) is 0.219. The summed E-state index contributed by atoms with van der Waals surface area (Å²) >= 11 is 4.78. The second-order valence-electron chi connectivity index (χ2n) is 3.70. The summed E-state index contributed by atoms with van der Waals surface area (Å²) in [5.41, 5.74) is 3.49. The average Bonchev–Trinajstić information content (AvgIpc) is 2.46. The first-order valence-corrected chi connectivity index (χ1v) is 6.29. The molecule has 0 aliphatic rings. The number of halogens is 1. The first-order valence-electron chi connectivity index (χ1n) is 4.68. The molecule has 0 spiro atoms. The predicted octanol–water partition coefficient (Wildman–Crippen LogP) is 3.14. The van der Waals surface area contributed by atoms with Gasteiger partial charge >= 0.3 is 0 Å². The Labute approximate surface area is 102 Å². The zero-order valence-electron chi connectivity index (χ0n) is 8.96. The molecule has 1 aromatic rings. The van der Waals surface area contributed by atoms with E-state index in [4.69, 9.17) is 4.84 Å². The number of rotatable bonds is 4. The fraction of sp³-hybridized carbons (Fsp3) is 0.500. The zero-order valence-corrected chi connectivity index (χ0v) is 11.4. The van der Waals surface area contributed by atoms with Crippen molar-refractivity contribution in [2.24, 2.45) is 5.92 Å². The molecule has 1 aromatic heterocycles. The SMILES string of the molecule is Cc1cc(C(=O)NOCC(C)C)sc1Br. The monoisotopic (exact) mass is 291 g/mol. The molecule has 0 saturated heterocycles. The van der Waals surface area contributed by atoms with E-state index >= 15 is 0 Å². The van der Waals surface area contributed by atoms with Crippen molar-refractivity contribution in [2.45, 2.75) is 20.8 Å². The van der Waals surface area contributed by atoms with E-state index in [1.54, 1.807) is 0 Å². The van der Waals surface area contributed by atoms with E-state index in [1.807, 2.05) is 26.8 Å². The molecule has 1 amide bonds. The predicted molar refractivity (Wildman–Crippen MR) is 65.0 cm³/mol. The van der Waals surface area contributed by atoms with Crippen LogP contribution in [0.3, 0.4) is 0 Å². The lowest BCUT2D eigenvalue weighted by atomic mass is 10.2. The lowest BCUT2D eigenvalue weighted by molar-refractivity contribution is 0.0212. The number of hydrogen-bond donors (Lipinski definition) is 1. The quantitative estimate of drug-likeness (QED) is 0.866.